The van der Waals surface area contributed by atoms with Crippen LogP contribution in [0.1, 0.15) is 49.7 Å². The predicted molar refractivity (Wildman–Crippen MR) is 175 cm³/mol. The van der Waals surface area contributed by atoms with Crippen LogP contribution < -0.4 is 20.1 Å². The van der Waals surface area contributed by atoms with Crippen LogP contribution >= 0.6 is 11.6 Å². The second-order valence-corrected chi connectivity index (χ2v) is 14.4. The fourth-order valence-corrected chi connectivity index (χ4v) is 9.40. The fraction of sp³-hybridized carbons (Fsp3) is 0.559. The zero-order chi connectivity index (χ0) is 34.4. The molecule has 5 aliphatic rings. The zero-order valence-corrected chi connectivity index (χ0v) is 27.8. The van der Waals surface area contributed by atoms with Gasteiger partial charge in [-0.3, -0.25) is 14.2 Å². The number of alkyl halides is 4. The normalized spacial score (nSPS) is 26.6. The van der Waals surface area contributed by atoms with Gasteiger partial charge in [0.25, 0.3) is 0 Å². The van der Waals surface area contributed by atoms with E-state index in [1.54, 1.807) is 0 Å². The molecular formula is C34H37ClF5N7O2. The number of benzene rings is 1. The van der Waals surface area contributed by atoms with Crippen LogP contribution in [0, 0.1) is 12.7 Å². The number of nitrogens with zero attached hydrogens (tertiary/aromatic N) is 6. The molecule has 4 atom stereocenters. The highest BCUT2D eigenvalue weighted by molar-refractivity contribution is 6.36. The zero-order valence-electron chi connectivity index (χ0n) is 27.1. The summed E-state index contributed by atoms with van der Waals surface area (Å²) in [4.78, 5) is 20.1. The van der Waals surface area contributed by atoms with Crippen molar-refractivity contribution in [3.63, 3.8) is 0 Å². The van der Waals surface area contributed by atoms with E-state index in [0.717, 1.165) is 56.8 Å². The number of pyridine rings is 1. The first-order chi connectivity index (χ1) is 23.4. The molecule has 15 heteroatoms. The highest BCUT2D eigenvalue weighted by Crippen LogP contribution is 2.52. The molecule has 0 radical (unpaired) electrons. The van der Waals surface area contributed by atoms with Crippen LogP contribution in [-0.2, 0) is 6.18 Å². The third-order valence-corrected chi connectivity index (χ3v) is 11.4. The summed E-state index contributed by atoms with van der Waals surface area (Å²) in [6.45, 7) is 8.10. The van der Waals surface area contributed by atoms with E-state index in [0.29, 0.717) is 25.3 Å². The molecule has 0 spiro atoms. The standard InChI is InChI=1S/C34H37ClF5N7O2/c1-17-12-33(7-3-9-45(33)13-17)16-49-32-43-29-24-30(26(35)23(27(29)37)28-25(34(38,39)40)18(2)11-22(41)42-28)48-15-21-20-6-5-19(46(20)10-4-8-36)14-47(21)31(24)44-32/h11,19-21H,1,3-10,12-16H2,2H3,(H2,41,42). The highest BCUT2D eigenvalue weighted by atomic mass is 35.5. The Morgan fingerprint density at radius 3 is 2.80 bits per heavy atom. The summed E-state index contributed by atoms with van der Waals surface area (Å²) >= 11 is 6.88. The molecule has 49 heavy (non-hydrogen) atoms. The maximum Gasteiger partial charge on any atom is 0.418 e. The first-order valence-electron chi connectivity index (χ1n) is 16.7. The van der Waals surface area contributed by atoms with Gasteiger partial charge >= 0.3 is 12.2 Å². The average molecular weight is 706 g/mol. The number of ether oxygens (including phenoxy) is 2. The molecule has 4 fully saturated rings. The summed E-state index contributed by atoms with van der Waals surface area (Å²) in [5, 5.41) is -0.224. The van der Waals surface area contributed by atoms with Gasteiger partial charge in [0, 0.05) is 31.7 Å². The van der Waals surface area contributed by atoms with Crippen molar-refractivity contribution < 1.29 is 31.4 Å². The third-order valence-electron chi connectivity index (χ3n) is 11.1. The molecule has 4 unspecified atom stereocenters. The molecule has 0 saturated carbocycles. The number of hydrogen-bond acceptors (Lipinski definition) is 9. The number of halogens is 6. The Labute approximate surface area is 285 Å². The van der Waals surface area contributed by atoms with Crippen molar-refractivity contribution in [3.8, 4) is 23.0 Å². The molecule has 2 bridgehead atoms. The summed E-state index contributed by atoms with van der Waals surface area (Å²) in [6, 6.07) is 0.803. The lowest BCUT2D eigenvalue weighted by Gasteiger charge is -2.46. The van der Waals surface area contributed by atoms with Crippen molar-refractivity contribution in [1.82, 2.24) is 24.8 Å². The molecule has 2 N–H and O–H groups in total. The fourth-order valence-electron chi connectivity index (χ4n) is 9.08. The number of fused-ring (bicyclic) bond motifs is 6. The summed E-state index contributed by atoms with van der Waals surface area (Å²) in [5.41, 5.74) is 3.72. The number of piperazine rings is 1. The molecule has 2 aromatic heterocycles. The number of nitrogens with two attached hydrogens (primary N) is 1. The minimum Gasteiger partial charge on any atom is -0.489 e. The van der Waals surface area contributed by atoms with E-state index in [1.165, 1.54) is 6.92 Å². The first-order valence-corrected chi connectivity index (χ1v) is 17.1. The van der Waals surface area contributed by atoms with Crippen molar-refractivity contribution >= 4 is 34.1 Å². The van der Waals surface area contributed by atoms with Crippen LogP contribution in [0.4, 0.5) is 33.6 Å². The minimum absolute atomic E-state index is 0.0115. The van der Waals surface area contributed by atoms with Gasteiger partial charge in [-0.05, 0) is 63.6 Å². The monoisotopic (exact) mass is 705 g/mol. The topological polar surface area (TPSA) is 92.9 Å². The Morgan fingerprint density at radius 2 is 2.02 bits per heavy atom. The maximum absolute atomic E-state index is 17.1. The minimum atomic E-state index is -4.90. The number of anilines is 2. The van der Waals surface area contributed by atoms with E-state index in [-0.39, 0.29) is 75.9 Å². The van der Waals surface area contributed by atoms with Gasteiger partial charge in [0.2, 0.25) is 0 Å². The SMILES string of the molecule is C=C1CN2CCCC2(COc2nc3c4c(c(Cl)c(-c5nc(N)cc(C)c5C(F)(F)F)c(F)c4n2)OCC2C4CCC(CN32)N4CCCF)C1. The van der Waals surface area contributed by atoms with Gasteiger partial charge in [0.1, 0.15) is 30.4 Å². The highest BCUT2D eigenvalue weighted by Gasteiger charge is 2.50. The van der Waals surface area contributed by atoms with Gasteiger partial charge in [0.15, 0.2) is 11.6 Å². The summed E-state index contributed by atoms with van der Waals surface area (Å²) in [6.07, 6.45) is -0.110. The number of aromatic nitrogens is 3. The van der Waals surface area contributed by atoms with Crippen molar-refractivity contribution in [2.45, 2.75) is 75.3 Å². The number of nitrogen functional groups attached to an aromatic ring is 1. The second kappa shape index (κ2) is 11.8. The average Bonchev–Trinajstić information content (AvgIpc) is 3.61. The molecule has 5 aliphatic heterocycles. The van der Waals surface area contributed by atoms with Crippen LogP contribution in [0.15, 0.2) is 18.2 Å². The first kappa shape index (κ1) is 32.7. The molecule has 9 nitrogen and oxygen atoms in total. The van der Waals surface area contributed by atoms with Crippen LogP contribution in [0.3, 0.4) is 0 Å². The lowest BCUT2D eigenvalue weighted by atomic mass is 9.94. The molecule has 0 amide bonds. The number of hydrogen-bond donors (Lipinski definition) is 1. The molecule has 0 aliphatic carbocycles. The van der Waals surface area contributed by atoms with E-state index in [9.17, 15) is 17.6 Å². The van der Waals surface area contributed by atoms with Crippen molar-refractivity contribution in [1.29, 1.82) is 0 Å². The van der Waals surface area contributed by atoms with Gasteiger partial charge in [-0.2, -0.15) is 23.1 Å². The van der Waals surface area contributed by atoms with E-state index in [1.807, 2.05) is 0 Å². The van der Waals surface area contributed by atoms with Crippen LogP contribution in [0.5, 0.6) is 11.8 Å². The van der Waals surface area contributed by atoms with Crippen LogP contribution in [0.2, 0.25) is 5.02 Å². The van der Waals surface area contributed by atoms with Gasteiger partial charge in [-0.15, -0.1) is 0 Å². The summed E-state index contributed by atoms with van der Waals surface area (Å²) < 4.78 is 86.6. The summed E-state index contributed by atoms with van der Waals surface area (Å²) in [7, 11) is 0. The van der Waals surface area contributed by atoms with Crippen molar-refractivity contribution in [3.05, 3.63) is 40.2 Å². The van der Waals surface area contributed by atoms with Crippen LogP contribution in [0.25, 0.3) is 22.2 Å². The quantitative estimate of drug-likeness (QED) is 0.223. The third kappa shape index (κ3) is 5.19. The lowest BCUT2D eigenvalue weighted by molar-refractivity contribution is -0.137. The van der Waals surface area contributed by atoms with E-state index < -0.39 is 35.5 Å². The van der Waals surface area contributed by atoms with Crippen molar-refractivity contribution in [2.75, 3.05) is 56.7 Å². The van der Waals surface area contributed by atoms with Gasteiger partial charge in [0.05, 0.1) is 45.5 Å². The maximum atomic E-state index is 17.1. The Hall–Kier alpha value is -3.49. The molecule has 262 valence electrons. The van der Waals surface area contributed by atoms with Crippen molar-refractivity contribution in [2.24, 2.45) is 0 Å². The largest absolute Gasteiger partial charge is 0.489 e. The van der Waals surface area contributed by atoms with Gasteiger partial charge < -0.3 is 20.1 Å². The Morgan fingerprint density at radius 1 is 1.20 bits per heavy atom. The van der Waals surface area contributed by atoms with E-state index in [2.05, 4.69) is 31.2 Å². The smallest absolute Gasteiger partial charge is 0.418 e. The van der Waals surface area contributed by atoms with Gasteiger partial charge in [-0.25, -0.2) is 9.37 Å². The molecule has 3 aromatic rings. The molecular weight excluding hydrogens is 669 g/mol. The molecule has 4 saturated heterocycles. The molecule has 8 rings (SSSR count). The predicted octanol–water partition coefficient (Wildman–Crippen LogP) is 6.34. The Balaban J connectivity index is 1.31. The number of aryl methyl sites for hydroxylation is 1. The summed E-state index contributed by atoms with van der Waals surface area (Å²) in [5.74, 6) is -1.02. The van der Waals surface area contributed by atoms with Crippen LogP contribution in [-0.4, -0.2) is 94.5 Å². The molecule has 7 heterocycles. The van der Waals surface area contributed by atoms with E-state index >= 15 is 4.39 Å². The molecule has 1 aromatic carbocycles. The second-order valence-electron chi connectivity index (χ2n) is 14.0. The van der Waals surface area contributed by atoms with Gasteiger partial charge in [-0.1, -0.05) is 23.8 Å². The Bertz CT molecular complexity index is 1860. The number of rotatable bonds is 7. The van der Waals surface area contributed by atoms with E-state index in [4.69, 9.17) is 31.8 Å². The Kier molecular flexibility index (Phi) is 7.87. The lowest BCUT2D eigenvalue weighted by Crippen LogP contribution is -2.61.